The molecule has 0 saturated carbocycles. The number of esters is 1. The van der Waals surface area contributed by atoms with Crippen molar-refractivity contribution in [3.8, 4) is 11.5 Å². The van der Waals surface area contributed by atoms with Crippen LogP contribution in [0.3, 0.4) is 0 Å². The molecule has 0 aliphatic rings. The Bertz CT molecular complexity index is 1150. The second-order valence-electron chi connectivity index (χ2n) is 9.04. The Kier molecular flexibility index (Phi) is 7.66. The average molecular weight is 466 g/mol. The molecule has 1 unspecified atom stereocenters. The van der Waals surface area contributed by atoms with E-state index in [2.05, 4.69) is 5.32 Å². The maximum Gasteiger partial charge on any atom is 0.412 e. The molecule has 3 aromatic carbocycles. The van der Waals surface area contributed by atoms with Crippen LogP contribution < -0.4 is 14.8 Å². The number of carbonyl (C=O) groups is 2. The maximum absolute atomic E-state index is 12.6. The third-order valence-electron chi connectivity index (χ3n) is 4.73. The first-order valence-corrected chi connectivity index (χ1v) is 11.1. The number of rotatable bonds is 7. The fraction of sp³-hybridized carbons (Fsp3) is 0.333. The third kappa shape index (κ3) is 6.41. The molecule has 0 aliphatic carbocycles. The SMILES string of the molecule is COC(=O)C(Oc1ccc(NC(=O)OC(C)(C)C)c2ccccc12)c1ccc(OC(C)C)cc1. The summed E-state index contributed by atoms with van der Waals surface area (Å²) in [4.78, 5) is 24.9. The molecule has 180 valence electrons. The van der Waals surface area contributed by atoms with Gasteiger partial charge in [-0.15, -0.1) is 0 Å². The van der Waals surface area contributed by atoms with Crippen molar-refractivity contribution in [2.45, 2.75) is 52.4 Å². The highest BCUT2D eigenvalue weighted by atomic mass is 16.6. The molecule has 3 rings (SSSR count). The van der Waals surface area contributed by atoms with E-state index in [1.807, 2.05) is 38.1 Å². The summed E-state index contributed by atoms with van der Waals surface area (Å²) >= 11 is 0. The van der Waals surface area contributed by atoms with E-state index in [1.165, 1.54) is 7.11 Å². The number of amides is 1. The van der Waals surface area contributed by atoms with Crippen molar-refractivity contribution >= 4 is 28.5 Å². The molecule has 0 radical (unpaired) electrons. The largest absolute Gasteiger partial charge is 0.491 e. The minimum atomic E-state index is -0.980. The van der Waals surface area contributed by atoms with Gasteiger partial charge in [0.2, 0.25) is 6.10 Å². The number of hydrogen-bond acceptors (Lipinski definition) is 6. The zero-order valence-corrected chi connectivity index (χ0v) is 20.4. The lowest BCUT2D eigenvalue weighted by Gasteiger charge is -2.21. The fourth-order valence-corrected chi connectivity index (χ4v) is 3.38. The van der Waals surface area contributed by atoms with E-state index >= 15 is 0 Å². The first-order chi connectivity index (χ1) is 16.1. The van der Waals surface area contributed by atoms with Crippen LogP contribution in [0.5, 0.6) is 11.5 Å². The Morgan fingerprint density at radius 3 is 2.09 bits per heavy atom. The summed E-state index contributed by atoms with van der Waals surface area (Å²) in [6, 6.07) is 18.0. The Labute approximate surface area is 200 Å². The zero-order valence-electron chi connectivity index (χ0n) is 20.4. The van der Waals surface area contributed by atoms with Crippen LogP contribution in [0.1, 0.15) is 46.3 Å². The van der Waals surface area contributed by atoms with Crippen molar-refractivity contribution in [1.29, 1.82) is 0 Å². The van der Waals surface area contributed by atoms with E-state index in [4.69, 9.17) is 18.9 Å². The fourth-order valence-electron chi connectivity index (χ4n) is 3.38. The minimum absolute atomic E-state index is 0.0395. The highest BCUT2D eigenvalue weighted by molar-refractivity contribution is 6.03. The monoisotopic (exact) mass is 465 g/mol. The van der Waals surface area contributed by atoms with E-state index in [0.29, 0.717) is 22.7 Å². The zero-order chi connectivity index (χ0) is 24.9. The predicted octanol–water partition coefficient (Wildman–Crippen LogP) is 6.27. The van der Waals surface area contributed by atoms with E-state index < -0.39 is 23.8 Å². The molecule has 1 atom stereocenters. The normalized spacial score (nSPS) is 12.2. The third-order valence-corrected chi connectivity index (χ3v) is 4.73. The van der Waals surface area contributed by atoms with Crippen LogP contribution in [0, 0.1) is 0 Å². The lowest BCUT2D eigenvalue weighted by Crippen LogP contribution is -2.27. The Morgan fingerprint density at radius 2 is 1.50 bits per heavy atom. The summed E-state index contributed by atoms with van der Waals surface area (Å²) in [5, 5.41) is 4.26. The van der Waals surface area contributed by atoms with E-state index in [-0.39, 0.29) is 6.10 Å². The van der Waals surface area contributed by atoms with Crippen LogP contribution >= 0.6 is 0 Å². The minimum Gasteiger partial charge on any atom is -0.491 e. The molecule has 0 saturated heterocycles. The lowest BCUT2D eigenvalue weighted by atomic mass is 10.1. The lowest BCUT2D eigenvalue weighted by molar-refractivity contribution is -0.149. The first-order valence-electron chi connectivity index (χ1n) is 11.1. The van der Waals surface area contributed by atoms with Crippen LogP contribution in [0.25, 0.3) is 10.8 Å². The van der Waals surface area contributed by atoms with Gasteiger partial charge >= 0.3 is 12.1 Å². The van der Waals surface area contributed by atoms with Gasteiger partial charge in [0.15, 0.2) is 0 Å². The molecule has 7 nitrogen and oxygen atoms in total. The van der Waals surface area contributed by atoms with Crippen LogP contribution in [-0.2, 0) is 14.3 Å². The molecule has 0 heterocycles. The first kappa shape index (κ1) is 24.9. The van der Waals surface area contributed by atoms with Gasteiger partial charge < -0.3 is 18.9 Å². The molecule has 3 aromatic rings. The number of benzene rings is 3. The van der Waals surface area contributed by atoms with Gasteiger partial charge in [0, 0.05) is 16.3 Å². The van der Waals surface area contributed by atoms with Gasteiger partial charge in [0.1, 0.15) is 17.1 Å². The predicted molar refractivity (Wildman–Crippen MR) is 131 cm³/mol. The Morgan fingerprint density at radius 1 is 0.853 bits per heavy atom. The number of fused-ring (bicyclic) bond motifs is 1. The topological polar surface area (TPSA) is 83.1 Å². The number of carbonyl (C=O) groups excluding carboxylic acids is 2. The van der Waals surface area contributed by atoms with Crippen LogP contribution in [0.4, 0.5) is 10.5 Å². The summed E-state index contributed by atoms with van der Waals surface area (Å²) in [6.07, 6.45) is -1.49. The maximum atomic E-state index is 12.6. The summed E-state index contributed by atoms with van der Waals surface area (Å²) in [5.41, 5.74) is 0.580. The highest BCUT2D eigenvalue weighted by Gasteiger charge is 2.25. The van der Waals surface area contributed by atoms with Crippen molar-refractivity contribution in [2.75, 3.05) is 12.4 Å². The van der Waals surface area contributed by atoms with Crippen LogP contribution in [0.15, 0.2) is 60.7 Å². The molecule has 1 amide bonds. The quantitative estimate of drug-likeness (QED) is 0.414. The summed E-state index contributed by atoms with van der Waals surface area (Å²) in [7, 11) is 1.32. The molecule has 0 bridgehead atoms. The van der Waals surface area contributed by atoms with Crippen molar-refractivity contribution < 1.29 is 28.5 Å². The number of nitrogens with one attached hydrogen (secondary N) is 1. The molecule has 0 aromatic heterocycles. The second-order valence-corrected chi connectivity index (χ2v) is 9.04. The number of methoxy groups -OCH3 is 1. The van der Waals surface area contributed by atoms with Crippen LogP contribution in [0.2, 0.25) is 0 Å². The molecule has 0 spiro atoms. The smallest absolute Gasteiger partial charge is 0.412 e. The van der Waals surface area contributed by atoms with Gasteiger partial charge in [-0.05, 0) is 58.9 Å². The summed E-state index contributed by atoms with van der Waals surface area (Å²) in [5.74, 6) is 0.645. The molecule has 34 heavy (non-hydrogen) atoms. The molecule has 0 aliphatic heterocycles. The molecule has 0 fully saturated rings. The van der Waals surface area contributed by atoms with Crippen molar-refractivity contribution in [1.82, 2.24) is 0 Å². The van der Waals surface area contributed by atoms with E-state index in [1.54, 1.807) is 57.2 Å². The second kappa shape index (κ2) is 10.5. The van der Waals surface area contributed by atoms with Crippen LogP contribution in [-0.4, -0.2) is 30.9 Å². The van der Waals surface area contributed by atoms with Crippen molar-refractivity contribution in [3.63, 3.8) is 0 Å². The van der Waals surface area contributed by atoms with Gasteiger partial charge in [-0.1, -0.05) is 36.4 Å². The highest BCUT2D eigenvalue weighted by Crippen LogP contribution is 2.35. The van der Waals surface area contributed by atoms with E-state index in [9.17, 15) is 9.59 Å². The van der Waals surface area contributed by atoms with Gasteiger partial charge in [-0.3, -0.25) is 5.32 Å². The van der Waals surface area contributed by atoms with Gasteiger partial charge in [-0.2, -0.15) is 0 Å². The molecule has 1 N–H and O–H groups in total. The standard InChI is InChI=1S/C27H31NO6/c1-17(2)32-19-13-11-18(12-14-19)24(25(29)31-6)33-23-16-15-22(20-9-7-8-10-21(20)23)28-26(30)34-27(3,4)5/h7-17,24H,1-6H3,(H,28,30). The molecule has 7 heteroatoms. The number of anilines is 1. The summed E-state index contributed by atoms with van der Waals surface area (Å²) in [6.45, 7) is 9.30. The molecular weight excluding hydrogens is 434 g/mol. The average Bonchev–Trinajstić information content (AvgIpc) is 2.77. The van der Waals surface area contributed by atoms with Crippen molar-refractivity contribution in [3.05, 3.63) is 66.2 Å². The summed E-state index contributed by atoms with van der Waals surface area (Å²) < 4.78 is 22.2. The number of ether oxygens (including phenoxy) is 4. The molecular formula is C27H31NO6. The van der Waals surface area contributed by atoms with Crippen molar-refractivity contribution in [2.24, 2.45) is 0 Å². The van der Waals surface area contributed by atoms with Gasteiger partial charge in [0.25, 0.3) is 0 Å². The van der Waals surface area contributed by atoms with E-state index in [0.717, 1.165) is 10.8 Å². The van der Waals surface area contributed by atoms with Gasteiger partial charge in [0.05, 0.1) is 18.9 Å². The van der Waals surface area contributed by atoms with Gasteiger partial charge in [-0.25, -0.2) is 9.59 Å². The number of hydrogen-bond donors (Lipinski definition) is 1. The Balaban J connectivity index is 1.92. The Hall–Kier alpha value is -3.74.